The van der Waals surface area contributed by atoms with E-state index in [0.717, 1.165) is 49.5 Å². The molecule has 0 spiro atoms. The van der Waals surface area contributed by atoms with E-state index in [1.165, 1.54) is 5.56 Å². The van der Waals surface area contributed by atoms with E-state index in [1.54, 1.807) is 37.2 Å². The van der Waals surface area contributed by atoms with Gasteiger partial charge >= 0.3 is 11.9 Å². The molecule has 1 aromatic carbocycles. The van der Waals surface area contributed by atoms with Crippen molar-refractivity contribution in [3.05, 3.63) is 48.2 Å². The van der Waals surface area contributed by atoms with Crippen molar-refractivity contribution in [1.82, 2.24) is 14.9 Å². The fourth-order valence-corrected chi connectivity index (χ4v) is 5.35. The number of aliphatic carboxylic acids is 2. The van der Waals surface area contributed by atoms with Crippen LogP contribution < -0.4 is 15.4 Å². The number of methoxy groups -OCH3 is 1. The van der Waals surface area contributed by atoms with Gasteiger partial charge in [-0.05, 0) is 62.2 Å². The fourth-order valence-electron chi connectivity index (χ4n) is 4.57. The summed E-state index contributed by atoms with van der Waals surface area (Å²) in [6.07, 6.45) is 4.17. The Bertz CT molecular complexity index is 1460. The zero-order valence-corrected chi connectivity index (χ0v) is 23.5. The number of pyridine rings is 2. The number of rotatable bonds is 6. The molecule has 2 aromatic heterocycles. The summed E-state index contributed by atoms with van der Waals surface area (Å²) in [4.78, 5) is 55.5. The number of carbonyl (C=O) groups is 4. The van der Waals surface area contributed by atoms with Crippen LogP contribution in [0, 0.1) is 5.41 Å². The third kappa shape index (κ3) is 7.50. The van der Waals surface area contributed by atoms with Crippen LogP contribution in [0.5, 0.6) is 5.88 Å². The second-order valence-electron chi connectivity index (χ2n) is 9.96. The van der Waals surface area contributed by atoms with Gasteiger partial charge in [-0.3, -0.25) is 14.6 Å². The maximum Gasteiger partial charge on any atom is 0.414 e. The van der Waals surface area contributed by atoms with Crippen LogP contribution in [0.3, 0.4) is 0 Å². The highest BCUT2D eigenvalue weighted by Crippen LogP contribution is 2.34. The number of thioether (sulfide) groups is 1. The second-order valence-corrected chi connectivity index (χ2v) is 11.0. The second kappa shape index (κ2) is 13.0. The first-order valence-corrected chi connectivity index (χ1v) is 13.9. The lowest BCUT2D eigenvalue weighted by Crippen LogP contribution is -2.45. The lowest BCUT2D eigenvalue weighted by molar-refractivity contribution is -0.159. The predicted octanol–water partition coefficient (Wildman–Crippen LogP) is 3.12. The van der Waals surface area contributed by atoms with Crippen molar-refractivity contribution in [2.45, 2.75) is 31.1 Å². The molecule has 4 heterocycles. The van der Waals surface area contributed by atoms with Crippen LogP contribution in [0.2, 0.25) is 0 Å². The molecule has 0 unspecified atom stereocenters. The quantitative estimate of drug-likeness (QED) is 0.315. The van der Waals surface area contributed by atoms with Crippen molar-refractivity contribution in [2.75, 3.05) is 43.1 Å². The molecule has 13 heteroatoms. The number of ether oxygens (including phenoxy) is 1. The van der Waals surface area contributed by atoms with Gasteiger partial charge in [0, 0.05) is 29.1 Å². The Labute approximate surface area is 240 Å². The topological polar surface area (TPSA) is 171 Å². The van der Waals surface area contributed by atoms with E-state index in [9.17, 15) is 9.59 Å². The van der Waals surface area contributed by atoms with Gasteiger partial charge in [0.15, 0.2) is 0 Å². The molecule has 0 atom stereocenters. The van der Waals surface area contributed by atoms with E-state index < -0.39 is 17.4 Å². The highest BCUT2D eigenvalue weighted by atomic mass is 32.2. The third-order valence-electron chi connectivity index (χ3n) is 7.10. The zero-order chi connectivity index (χ0) is 29.6. The van der Waals surface area contributed by atoms with E-state index in [4.69, 9.17) is 24.5 Å². The van der Waals surface area contributed by atoms with Crippen molar-refractivity contribution >= 4 is 57.9 Å². The minimum atomic E-state index is -1.82. The summed E-state index contributed by atoms with van der Waals surface area (Å²) in [5, 5.41) is 20.8. The first-order chi connectivity index (χ1) is 19.6. The number of hydrogen-bond acceptors (Lipinski definition) is 9. The maximum atomic E-state index is 13.3. The van der Waals surface area contributed by atoms with Crippen LogP contribution in [0.4, 0.5) is 11.4 Å². The lowest BCUT2D eigenvalue weighted by Gasteiger charge is -2.38. The van der Waals surface area contributed by atoms with E-state index in [-0.39, 0.29) is 11.8 Å². The van der Waals surface area contributed by atoms with Gasteiger partial charge in [0.05, 0.1) is 29.8 Å². The van der Waals surface area contributed by atoms with Gasteiger partial charge in [-0.15, -0.1) is 11.8 Å². The Balaban J connectivity index is 0.000000585. The molecule has 12 nitrogen and oxygen atoms in total. The van der Waals surface area contributed by atoms with Gasteiger partial charge in [0.1, 0.15) is 5.52 Å². The summed E-state index contributed by atoms with van der Waals surface area (Å²) in [5.74, 6) is -2.61. The molecule has 3 aromatic rings. The molecule has 2 aliphatic heterocycles. The lowest BCUT2D eigenvalue weighted by atomic mass is 9.79. The van der Waals surface area contributed by atoms with Crippen molar-refractivity contribution in [3.8, 4) is 5.88 Å². The average Bonchev–Trinajstić information content (AvgIpc) is 2.96. The molecule has 2 amide bonds. The number of carboxylic acid groups (broad SMARTS) is 2. The van der Waals surface area contributed by atoms with Crippen LogP contribution in [0.1, 0.15) is 25.3 Å². The minimum Gasteiger partial charge on any atom is -0.481 e. The zero-order valence-electron chi connectivity index (χ0n) is 22.7. The molecule has 0 radical (unpaired) electrons. The molecule has 2 aliphatic rings. The first-order valence-electron chi connectivity index (χ1n) is 12.9. The van der Waals surface area contributed by atoms with E-state index in [0.29, 0.717) is 28.4 Å². The summed E-state index contributed by atoms with van der Waals surface area (Å²) in [6.45, 7) is 4.70. The fraction of sp³-hybridized carbons (Fsp3) is 0.357. The number of carbonyl (C=O) groups excluding carboxylic acids is 2. The predicted molar refractivity (Wildman–Crippen MR) is 153 cm³/mol. The molecular weight excluding hydrogens is 550 g/mol. The summed E-state index contributed by atoms with van der Waals surface area (Å²) in [5.41, 5.74) is 3.68. The highest BCUT2D eigenvalue weighted by Gasteiger charge is 2.37. The molecular formula is C28H31N5O7S. The monoisotopic (exact) mass is 581 g/mol. The Morgan fingerprint density at radius 2 is 1.85 bits per heavy atom. The number of nitrogens with zero attached hydrogens (tertiary/aromatic N) is 3. The van der Waals surface area contributed by atoms with Crippen molar-refractivity contribution in [1.29, 1.82) is 0 Å². The SMILES string of the molecule is COc1ccc2nccc(NC(=O)C3(C)CCN(CCc4ccc5c(c4)NC(=O)CS5)CC3)c2n1.O=C(O)C(=O)O. The van der Waals surface area contributed by atoms with Crippen molar-refractivity contribution < 1.29 is 34.1 Å². The van der Waals surface area contributed by atoms with E-state index >= 15 is 0 Å². The van der Waals surface area contributed by atoms with Crippen LogP contribution >= 0.6 is 11.8 Å². The van der Waals surface area contributed by atoms with Crippen LogP contribution in [0.15, 0.2) is 47.5 Å². The number of likely N-dealkylation sites (tertiary alicyclic amines) is 1. The molecule has 0 bridgehead atoms. The van der Waals surface area contributed by atoms with Crippen LogP contribution in [0.25, 0.3) is 11.0 Å². The van der Waals surface area contributed by atoms with Gasteiger partial charge < -0.3 is 30.5 Å². The first kappa shape index (κ1) is 29.7. The summed E-state index contributed by atoms with van der Waals surface area (Å²) >= 11 is 1.58. The molecule has 1 saturated heterocycles. The standard InChI is InChI=1S/C26H29N5O3S.C2H2O4/c1-26(25(33)29-19-7-11-27-18-4-6-23(34-2)30-24(18)19)9-13-31(14-10-26)12-8-17-3-5-21-20(15-17)28-22(32)16-35-21;3-1(4)2(5)6/h3-7,11,15H,8-10,12-14,16H2,1-2H3,(H,28,32)(H,27,29,33);(H,3,4)(H,5,6). The number of benzene rings is 1. The highest BCUT2D eigenvalue weighted by molar-refractivity contribution is 8.00. The molecule has 1 fully saturated rings. The van der Waals surface area contributed by atoms with Crippen LogP contribution in [-0.2, 0) is 25.6 Å². The number of piperidine rings is 1. The number of fused-ring (bicyclic) bond motifs is 2. The van der Waals surface area contributed by atoms with E-state index in [1.807, 2.05) is 13.0 Å². The summed E-state index contributed by atoms with van der Waals surface area (Å²) in [7, 11) is 1.57. The van der Waals surface area contributed by atoms with Crippen molar-refractivity contribution in [3.63, 3.8) is 0 Å². The molecule has 0 saturated carbocycles. The average molecular weight is 582 g/mol. The van der Waals surface area contributed by atoms with E-state index in [2.05, 4.69) is 43.7 Å². The van der Waals surface area contributed by atoms with Gasteiger partial charge in [-0.25, -0.2) is 14.6 Å². The molecule has 4 N–H and O–H groups in total. The Morgan fingerprint density at radius 3 is 2.54 bits per heavy atom. The Morgan fingerprint density at radius 1 is 1.12 bits per heavy atom. The number of amides is 2. The third-order valence-corrected chi connectivity index (χ3v) is 8.17. The molecule has 216 valence electrons. The van der Waals surface area contributed by atoms with Crippen LogP contribution in [-0.4, -0.2) is 81.3 Å². The number of hydrogen-bond donors (Lipinski definition) is 4. The smallest absolute Gasteiger partial charge is 0.414 e. The maximum absolute atomic E-state index is 13.3. The molecule has 5 rings (SSSR count). The largest absolute Gasteiger partial charge is 0.481 e. The van der Waals surface area contributed by atoms with Gasteiger partial charge in [0.2, 0.25) is 17.7 Å². The number of nitrogens with one attached hydrogen (secondary N) is 2. The molecule has 0 aliphatic carbocycles. The normalized spacial score (nSPS) is 16.0. The van der Waals surface area contributed by atoms with Gasteiger partial charge in [-0.1, -0.05) is 13.0 Å². The van der Waals surface area contributed by atoms with Crippen molar-refractivity contribution in [2.24, 2.45) is 5.41 Å². The summed E-state index contributed by atoms with van der Waals surface area (Å²) < 4.78 is 5.24. The Kier molecular flexibility index (Phi) is 9.40. The number of carboxylic acids is 2. The Hall–Kier alpha value is -4.23. The van der Waals surface area contributed by atoms with Gasteiger partial charge in [-0.2, -0.15) is 0 Å². The summed E-state index contributed by atoms with van der Waals surface area (Å²) in [6, 6.07) is 11.7. The molecule has 41 heavy (non-hydrogen) atoms. The number of anilines is 2. The van der Waals surface area contributed by atoms with Gasteiger partial charge in [0.25, 0.3) is 0 Å². The minimum absolute atomic E-state index is 0.0113. The number of aromatic nitrogens is 2.